The lowest BCUT2D eigenvalue weighted by molar-refractivity contribution is 0.297. The van der Waals surface area contributed by atoms with Gasteiger partial charge in [0, 0.05) is 10.9 Å². The molecule has 0 aliphatic heterocycles. The van der Waals surface area contributed by atoms with Crippen LogP contribution in [0.2, 0.25) is 0 Å². The molecule has 0 aliphatic rings. The summed E-state index contributed by atoms with van der Waals surface area (Å²) in [5.74, 6) is 0.923. The molecule has 0 saturated carbocycles. The van der Waals surface area contributed by atoms with E-state index >= 15 is 0 Å². The van der Waals surface area contributed by atoms with Crippen LogP contribution in [-0.4, -0.2) is 9.97 Å². The first kappa shape index (κ1) is 8.96. The zero-order chi connectivity index (χ0) is 9.80. The monoisotopic (exact) mass is 207 g/mol. The van der Waals surface area contributed by atoms with Gasteiger partial charge >= 0.3 is 0 Å². The van der Waals surface area contributed by atoms with E-state index in [1.54, 1.807) is 17.4 Å². The predicted octanol–water partition coefficient (Wildman–Crippen LogP) is 1.70. The minimum atomic E-state index is 0.418. The van der Waals surface area contributed by atoms with E-state index in [1.807, 2.05) is 17.5 Å². The maximum Gasteiger partial charge on any atom is 0.218 e. The molecule has 2 aromatic rings. The lowest BCUT2D eigenvalue weighted by Crippen LogP contribution is -1.97. The zero-order valence-corrected chi connectivity index (χ0v) is 8.20. The molecule has 2 N–H and O–H groups in total. The Balaban J connectivity index is 1.98. The molecular formula is C9H9N3OS. The molecule has 5 heteroatoms. The Morgan fingerprint density at radius 3 is 3.07 bits per heavy atom. The Bertz CT molecular complexity index is 402. The van der Waals surface area contributed by atoms with Crippen LogP contribution in [-0.2, 0) is 6.61 Å². The minimum Gasteiger partial charge on any atom is -0.472 e. The second-order valence-corrected chi connectivity index (χ2v) is 3.68. The van der Waals surface area contributed by atoms with E-state index in [1.165, 1.54) is 6.33 Å². The number of thiophene rings is 1. The molecule has 2 heterocycles. The molecule has 2 rings (SSSR count). The Kier molecular flexibility index (Phi) is 2.60. The summed E-state index contributed by atoms with van der Waals surface area (Å²) in [7, 11) is 0. The van der Waals surface area contributed by atoms with Crippen molar-refractivity contribution < 1.29 is 4.74 Å². The van der Waals surface area contributed by atoms with Crippen molar-refractivity contribution in [1.82, 2.24) is 9.97 Å². The average molecular weight is 207 g/mol. The average Bonchev–Trinajstić information content (AvgIpc) is 2.67. The van der Waals surface area contributed by atoms with Gasteiger partial charge in [0.25, 0.3) is 0 Å². The van der Waals surface area contributed by atoms with E-state index in [-0.39, 0.29) is 0 Å². The van der Waals surface area contributed by atoms with Gasteiger partial charge in [0.2, 0.25) is 5.88 Å². The summed E-state index contributed by atoms with van der Waals surface area (Å²) in [5.41, 5.74) is 5.48. The highest BCUT2D eigenvalue weighted by Gasteiger charge is 1.98. The standard InChI is InChI=1S/C9H9N3OS/c10-8-4-9(12-6-11-8)13-5-7-2-1-3-14-7/h1-4,6H,5H2,(H2,10,11,12). The SMILES string of the molecule is Nc1cc(OCc2cccs2)ncn1. The molecule has 0 saturated heterocycles. The Hall–Kier alpha value is -1.62. The van der Waals surface area contributed by atoms with Crippen molar-refractivity contribution in [2.45, 2.75) is 6.61 Å². The van der Waals surface area contributed by atoms with Crippen molar-refractivity contribution in [3.05, 3.63) is 34.8 Å². The van der Waals surface area contributed by atoms with Crippen LogP contribution in [0.15, 0.2) is 29.9 Å². The number of nitrogens with two attached hydrogens (primary N) is 1. The molecule has 0 aromatic carbocycles. The first-order valence-corrected chi connectivity index (χ1v) is 4.95. The largest absolute Gasteiger partial charge is 0.472 e. The highest BCUT2D eigenvalue weighted by molar-refractivity contribution is 7.09. The number of hydrogen-bond acceptors (Lipinski definition) is 5. The Labute approximate surface area is 85.4 Å². The fourth-order valence-electron chi connectivity index (χ4n) is 0.972. The van der Waals surface area contributed by atoms with Gasteiger partial charge in [-0.2, -0.15) is 0 Å². The van der Waals surface area contributed by atoms with Crippen molar-refractivity contribution in [3.8, 4) is 5.88 Å². The fraction of sp³-hybridized carbons (Fsp3) is 0.111. The number of rotatable bonds is 3. The molecule has 0 unspecified atom stereocenters. The summed E-state index contributed by atoms with van der Waals surface area (Å²) in [4.78, 5) is 8.86. The van der Waals surface area contributed by atoms with Gasteiger partial charge in [-0.15, -0.1) is 11.3 Å². The summed E-state index contributed by atoms with van der Waals surface area (Å²) < 4.78 is 5.41. The Morgan fingerprint density at radius 2 is 2.36 bits per heavy atom. The third-order valence-corrected chi connectivity index (χ3v) is 2.46. The van der Waals surface area contributed by atoms with Crippen LogP contribution in [0.4, 0.5) is 5.82 Å². The van der Waals surface area contributed by atoms with E-state index in [0.717, 1.165) is 4.88 Å². The summed E-state index contributed by atoms with van der Waals surface area (Å²) in [6, 6.07) is 5.60. The quantitative estimate of drug-likeness (QED) is 0.832. The number of aromatic nitrogens is 2. The molecule has 0 spiro atoms. The zero-order valence-electron chi connectivity index (χ0n) is 7.38. The molecule has 2 aromatic heterocycles. The lowest BCUT2D eigenvalue weighted by atomic mass is 10.5. The molecular weight excluding hydrogens is 198 g/mol. The van der Waals surface area contributed by atoms with Crippen molar-refractivity contribution in [2.75, 3.05) is 5.73 Å². The van der Waals surface area contributed by atoms with E-state index in [2.05, 4.69) is 9.97 Å². The summed E-state index contributed by atoms with van der Waals surface area (Å²) >= 11 is 1.65. The van der Waals surface area contributed by atoms with Crippen LogP contribution in [0.5, 0.6) is 5.88 Å². The van der Waals surface area contributed by atoms with Crippen LogP contribution < -0.4 is 10.5 Å². The van der Waals surface area contributed by atoms with Gasteiger partial charge in [0.1, 0.15) is 18.8 Å². The van der Waals surface area contributed by atoms with Crippen LogP contribution in [0.1, 0.15) is 4.88 Å². The number of anilines is 1. The normalized spacial score (nSPS) is 10.0. The first-order chi connectivity index (χ1) is 6.84. The van der Waals surface area contributed by atoms with Crippen molar-refractivity contribution >= 4 is 17.2 Å². The number of hydrogen-bond donors (Lipinski definition) is 1. The third-order valence-electron chi connectivity index (χ3n) is 1.61. The van der Waals surface area contributed by atoms with Gasteiger partial charge in [-0.1, -0.05) is 6.07 Å². The first-order valence-electron chi connectivity index (χ1n) is 4.07. The van der Waals surface area contributed by atoms with Gasteiger partial charge in [-0.25, -0.2) is 9.97 Å². The van der Waals surface area contributed by atoms with Crippen molar-refractivity contribution in [2.24, 2.45) is 0 Å². The van der Waals surface area contributed by atoms with E-state index in [4.69, 9.17) is 10.5 Å². The second kappa shape index (κ2) is 4.06. The highest BCUT2D eigenvalue weighted by atomic mass is 32.1. The summed E-state index contributed by atoms with van der Waals surface area (Å²) in [5, 5.41) is 2.01. The van der Waals surface area contributed by atoms with Crippen molar-refractivity contribution in [1.29, 1.82) is 0 Å². The highest BCUT2D eigenvalue weighted by Crippen LogP contribution is 2.13. The van der Waals surface area contributed by atoms with Crippen molar-refractivity contribution in [3.63, 3.8) is 0 Å². The molecule has 4 nitrogen and oxygen atoms in total. The maximum atomic E-state index is 5.48. The number of ether oxygens (including phenoxy) is 1. The van der Waals surface area contributed by atoms with Gasteiger partial charge < -0.3 is 10.5 Å². The van der Waals surface area contributed by atoms with Gasteiger partial charge in [0.05, 0.1) is 0 Å². The molecule has 0 amide bonds. The molecule has 0 bridgehead atoms. The molecule has 14 heavy (non-hydrogen) atoms. The van der Waals surface area contributed by atoms with Crippen LogP contribution in [0, 0.1) is 0 Å². The summed E-state index contributed by atoms with van der Waals surface area (Å²) in [6.07, 6.45) is 1.39. The topological polar surface area (TPSA) is 61.0 Å². The smallest absolute Gasteiger partial charge is 0.218 e. The predicted molar refractivity (Wildman–Crippen MR) is 55.1 cm³/mol. The lowest BCUT2D eigenvalue weighted by Gasteiger charge is -2.02. The second-order valence-electron chi connectivity index (χ2n) is 2.65. The van der Waals surface area contributed by atoms with Crippen LogP contribution >= 0.6 is 11.3 Å². The van der Waals surface area contributed by atoms with Gasteiger partial charge in [0.15, 0.2) is 0 Å². The molecule has 0 radical (unpaired) electrons. The minimum absolute atomic E-state index is 0.418. The number of nitrogen functional groups attached to an aromatic ring is 1. The van der Waals surface area contributed by atoms with E-state index in [0.29, 0.717) is 18.3 Å². The molecule has 72 valence electrons. The maximum absolute atomic E-state index is 5.48. The van der Waals surface area contributed by atoms with Crippen LogP contribution in [0.3, 0.4) is 0 Å². The van der Waals surface area contributed by atoms with E-state index in [9.17, 15) is 0 Å². The van der Waals surface area contributed by atoms with Gasteiger partial charge in [-0.05, 0) is 11.4 Å². The Morgan fingerprint density at radius 1 is 1.43 bits per heavy atom. The van der Waals surface area contributed by atoms with E-state index < -0.39 is 0 Å². The van der Waals surface area contributed by atoms with Gasteiger partial charge in [-0.3, -0.25) is 0 Å². The summed E-state index contributed by atoms with van der Waals surface area (Å²) in [6.45, 7) is 0.522. The molecule has 0 fully saturated rings. The molecule has 0 aliphatic carbocycles. The fourth-order valence-corrected chi connectivity index (χ4v) is 1.59. The van der Waals surface area contributed by atoms with Crippen LogP contribution in [0.25, 0.3) is 0 Å². The third kappa shape index (κ3) is 2.20. The number of nitrogens with zero attached hydrogens (tertiary/aromatic N) is 2. The molecule has 0 atom stereocenters.